The van der Waals surface area contributed by atoms with Gasteiger partial charge < -0.3 is 15.5 Å². The lowest BCUT2D eigenvalue weighted by atomic mass is 10.3. The number of rotatable bonds is 2. The predicted molar refractivity (Wildman–Crippen MR) is 64.6 cm³/mol. The average molecular weight is 208 g/mol. The molecular formula is C11H20N4. The summed E-state index contributed by atoms with van der Waals surface area (Å²) in [5.74, 6) is 0.915. The molecule has 4 nitrogen and oxygen atoms in total. The fourth-order valence-electron chi connectivity index (χ4n) is 1.54. The molecule has 2 N–H and O–H groups in total. The van der Waals surface area contributed by atoms with Crippen LogP contribution in [0.4, 0.5) is 0 Å². The fraction of sp³-hybridized carbons (Fsp3) is 0.545. The van der Waals surface area contributed by atoms with Crippen LogP contribution in [0.2, 0.25) is 0 Å². The summed E-state index contributed by atoms with van der Waals surface area (Å²) < 4.78 is 0. The number of nitrogens with two attached hydrogens (primary N) is 1. The Morgan fingerprint density at radius 2 is 1.93 bits per heavy atom. The number of nitrogens with zero attached hydrogens (tertiary/aromatic N) is 3. The van der Waals surface area contributed by atoms with E-state index < -0.39 is 0 Å². The average Bonchev–Trinajstić information content (AvgIpc) is 2.17. The van der Waals surface area contributed by atoms with Gasteiger partial charge >= 0.3 is 0 Å². The van der Waals surface area contributed by atoms with Crippen LogP contribution in [0, 0.1) is 0 Å². The van der Waals surface area contributed by atoms with E-state index >= 15 is 0 Å². The van der Waals surface area contributed by atoms with Crippen molar-refractivity contribution in [3.63, 3.8) is 0 Å². The van der Waals surface area contributed by atoms with E-state index in [1.165, 1.54) is 0 Å². The molecule has 0 aromatic carbocycles. The third-order valence-electron chi connectivity index (χ3n) is 2.41. The number of likely N-dealkylation sites (N-methyl/N-ethyl adjacent to an activating group) is 1. The molecule has 1 saturated heterocycles. The van der Waals surface area contributed by atoms with Crippen LogP contribution < -0.4 is 5.73 Å². The lowest BCUT2D eigenvalue weighted by Crippen LogP contribution is -2.46. The minimum Gasteiger partial charge on any atom is -0.402 e. The Labute approximate surface area is 91.8 Å². The highest BCUT2D eigenvalue weighted by Gasteiger charge is 2.15. The largest absolute Gasteiger partial charge is 0.402 e. The van der Waals surface area contributed by atoms with Crippen LogP contribution in [0.15, 0.2) is 29.5 Å². The van der Waals surface area contributed by atoms with E-state index in [9.17, 15) is 0 Å². The zero-order valence-corrected chi connectivity index (χ0v) is 9.61. The molecule has 0 atom stereocenters. The normalized spacial score (nSPS) is 20.5. The molecular weight excluding hydrogens is 188 g/mol. The molecule has 0 unspecified atom stereocenters. The molecule has 1 fully saturated rings. The minimum atomic E-state index is 0.773. The Balaban J connectivity index is 2.69. The van der Waals surface area contributed by atoms with Gasteiger partial charge in [-0.2, -0.15) is 0 Å². The van der Waals surface area contributed by atoms with Crippen molar-refractivity contribution in [1.82, 2.24) is 9.80 Å². The van der Waals surface area contributed by atoms with Crippen LogP contribution in [-0.4, -0.2) is 48.9 Å². The van der Waals surface area contributed by atoms with Crippen LogP contribution >= 0.6 is 0 Å². The van der Waals surface area contributed by atoms with Crippen molar-refractivity contribution in [2.75, 3.05) is 33.2 Å². The fourth-order valence-corrected chi connectivity index (χ4v) is 1.54. The van der Waals surface area contributed by atoms with Crippen molar-refractivity contribution < 1.29 is 0 Å². The van der Waals surface area contributed by atoms with Crippen LogP contribution in [0.5, 0.6) is 0 Å². The second-order valence-electron chi connectivity index (χ2n) is 3.85. The van der Waals surface area contributed by atoms with Crippen molar-refractivity contribution in [2.24, 2.45) is 10.7 Å². The van der Waals surface area contributed by atoms with E-state index in [1.54, 1.807) is 6.20 Å². The first-order chi connectivity index (χ1) is 7.13. The van der Waals surface area contributed by atoms with Gasteiger partial charge in [-0.15, -0.1) is 0 Å². The topological polar surface area (TPSA) is 44.9 Å². The summed E-state index contributed by atoms with van der Waals surface area (Å²) in [5, 5.41) is 0. The second kappa shape index (κ2) is 5.56. The van der Waals surface area contributed by atoms with Crippen LogP contribution in [0.25, 0.3) is 0 Å². The van der Waals surface area contributed by atoms with Gasteiger partial charge in [-0.1, -0.05) is 6.58 Å². The zero-order chi connectivity index (χ0) is 11.3. The van der Waals surface area contributed by atoms with E-state index in [0.29, 0.717) is 0 Å². The van der Waals surface area contributed by atoms with Gasteiger partial charge in [0.15, 0.2) is 0 Å². The van der Waals surface area contributed by atoms with Crippen LogP contribution in [0.3, 0.4) is 0 Å². The molecule has 0 radical (unpaired) electrons. The summed E-state index contributed by atoms with van der Waals surface area (Å²) in [6.45, 7) is 9.60. The number of allylic oxidation sites excluding steroid dienone is 1. The molecule has 0 bridgehead atoms. The summed E-state index contributed by atoms with van der Waals surface area (Å²) >= 11 is 0. The Morgan fingerprint density at radius 3 is 2.40 bits per heavy atom. The Kier molecular flexibility index (Phi) is 4.37. The third-order valence-corrected chi connectivity index (χ3v) is 2.41. The molecule has 0 spiro atoms. The molecule has 0 amide bonds. The second-order valence-corrected chi connectivity index (χ2v) is 3.85. The SMILES string of the molecule is C=CN=C(/C=C(/C)N)N1CCN(C)CC1. The number of aliphatic imine (C=N–C) groups is 1. The first-order valence-corrected chi connectivity index (χ1v) is 5.19. The van der Waals surface area contributed by atoms with Crippen LogP contribution in [-0.2, 0) is 0 Å². The summed E-state index contributed by atoms with van der Waals surface area (Å²) in [6.07, 6.45) is 3.46. The van der Waals surface area contributed by atoms with E-state index in [1.807, 2.05) is 13.0 Å². The van der Waals surface area contributed by atoms with Crippen molar-refractivity contribution in [3.05, 3.63) is 24.6 Å². The van der Waals surface area contributed by atoms with Crippen LogP contribution in [0.1, 0.15) is 6.92 Å². The molecule has 1 rings (SSSR count). The summed E-state index contributed by atoms with van der Waals surface area (Å²) in [5.41, 5.74) is 6.44. The van der Waals surface area contributed by atoms with Crippen molar-refractivity contribution in [2.45, 2.75) is 6.92 Å². The highest BCUT2D eigenvalue weighted by Crippen LogP contribution is 2.03. The quantitative estimate of drug-likeness (QED) is 0.535. The van der Waals surface area contributed by atoms with E-state index in [-0.39, 0.29) is 0 Å². The maximum absolute atomic E-state index is 5.67. The van der Waals surface area contributed by atoms with Crippen molar-refractivity contribution in [1.29, 1.82) is 0 Å². The highest BCUT2D eigenvalue weighted by molar-refractivity contribution is 5.93. The molecule has 0 aliphatic carbocycles. The third kappa shape index (κ3) is 3.75. The van der Waals surface area contributed by atoms with Crippen molar-refractivity contribution in [3.8, 4) is 0 Å². The molecule has 15 heavy (non-hydrogen) atoms. The minimum absolute atomic E-state index is 0.773. The first-order valence-electron chi connectivity index (χ1n) is 5.19. The maximum atomic E-state index is 5.67. The Hall–Kier alpha value is -1.29. The highest BCUT2D eigenvalue weighted by atomic mass is 15.3. The zero-order valence-electron chi connectivity index (χ0n) is 9.61. The molecule has 0 aromatic heterocycles. The van der Waals surface area contributed by atoms with Gasteiger partial charge in [0.05, 0.1) is 0 Å². The maximum Gasteiger partial charge on any atom is 0.130 e. The first kappa shape index (κ1) is 11.8. The monoisotopic (exact) mass is 208 g/mol. The van der Waals surface area contributed by atoms with Crippen molar-refractivity contribution >= 4 is 5.84 Å². The van der Waals surface area contributed by atoms with Gasteiger partial charge in [-0.05, 0) is 20.0 Å². The number of hydrogen-bond donors (Lipinski definition) is 1. The van der Waals surface area contributed by atoms with E-state index in [4.69, 9.17) is 5.73 Å². The Bertz CT molecular complexity index is 268. The molecule has 84 valence electrons. The number of amidine groups is 1. The number of hydrogen-bond acceptors (Lipinski definition) is 3. The molecule has 1 aliphatic heterocycles. The van der Waals surface area contributed by atoms with Gasteiger partial charge in [-0.25, -0.2) is 4.99 Å². The number of piperazine rings is 1. The molecule has 0 aromatic rings. The summed E-state index contributed by atoms with van der Waals surface area (Å²) in [4.78, 5) is 8.79. The van der Waals surface area contributed by atoms with Gasteiger partial charge in [0.25, 0.3) is 0 Å². The van der Waals surface area contributed by atoms with Gasteiger partial charge in [0, 0.05) is 38.1 Å². The predicted octanol–water partition coefficient (Wildman–Crippen LogP) is 0.638. The molecule has 1 aliphatic rings. The Morgan fingerprint density at radius 1 is 1.33 bits per heavy atom. The summed E-state index contributed by atoms with van der Waals surface area (Å²) in [7, 11) is 2.13. The van der Waals surface area contributed by atoms with Gasteiger partial charge in [0.1, 0.15) is 5.84 Å². The van der Waals surface area contributed by atoms with Gasteiger partial charge in [-0.3, -0.25) is 0 Å². The molecule has 4 heteroatoms. The van der Waals surface area contributed by atoms with Gasteiger partial charge in [0.2, 0.25) is 0 Å². The van der Waals surface area contributed by atoms with E-state index in [0.717, 1.165) is 37.7 Å². The summed E-state index contributed by atoms with van der Waals surface area (Å²) in [6, 6.07) is 0. The molecule has 1 heterocycles. The van der Waals surface area contributed by atoms with E-state index in [2.05, 4.69) is 28.4 Å². The standard InChI is InChI=1S/C11H20N4/c1-4-13-11(9-10(2)12)15-7-5-14(3)6-8-15/h4,9H,1,5-8,12H2,2-3H3/b10-9-,13-11?. The smallest absolute Gasteiger partial charge is 0.130 e. The molecule has 0 saturated carbocycles. The lowest BCUT2D eigenvalue weighted by molar-refractivity contribution is 0.216. The lowest BCUT2D eigenvalue weighted by Gasteiger charge is -2.33.